The zero-order chi connectivity index (χ0) is 12.7. The number of carbonyl (C=O) groups is 2. The second-order valence-electron chi connectivity index (χ2n) is 4.37. The van der Waals surface area contributed by atoms with Gasteiger partial charge in [0, 0.05) is 30.6 Å². The van der Waals surface area contributed by atoms with E-state index in [2.05, 4.69) is 0 Å². The summed E-state index contributed by atoms with van der Waals surface area (Å²) in [6, 6.07) is 8.81. The summed E-state index contributed by atoms with van der Waals surface area (Å²) in [5.74, 6) is -0.362. The highest BCUT2D eigenvalue weighted by Crippen LogP contribution is 2.27. The number of nitrogens with zero attached hydrogens (tertiary/aromatic N) is 1. The topological polar surface area (TPSA) is 39.1 Å². The Morgan fingerprint density at radius 2 is 1.61 bits per heavy atom. The Morgan fingerprint density at radius 3 is 2.11 bits per heavy atom. The van der Waals surface area contributed by atoms with Crippen molar-refractivity contribution in [2.24, 2.45) is 7.05 Å². The van der Waals surface area contributed by atoms with Gasteiger partial charge in [0.15, 0.2) is 11.6 Å². The molecule has 1 aliphatic carbocycles. The summed E-state index contributed by atoms with van der Waals surface area (Å²) in [5.41, 5.74) is 2.12. The van der Waals surface area contributed by atoms with E-state index >= 15 is 0 Å². The molecule has 3 heteroatoms. The first kappa shape index (κ1) is 10.7. The molecule has 1 heterocycles. The minimum atomic E-state index is -0.181. The Kier molecular flexibility index (Phi) is 2.27. The molecule has 0 atom stereocenters. The van der Waals surface area contributed by atoms with Crippen LogP contribution in [0.4, 0.5) is 0 Å². The molecule has 0 N–H and O–H groups in total. The van der Waals surface area contributed by atoms with Gasteiger partial charge >= 0.3 is 0 Å². The summed E-state index contributed by atoms with van der Waals surface area (Å²) >= 11 is 0. The number of fused-ring (bicyclic) bond motifs is 1. The second-order valence-corrected chi connectivity index (χ2v) is 4.37. The van der Waals surface area contributed by atoms with Crippen LogP contribution in [0.15, 0.2) is 48.3 Å². The minimum Gasteiger partial charge on any atom is -0.357 e. The summed E-state index contributed by atoms with van der Waals surface area (Å²) < 4.78 is 1.88. The molecule has 0 bridgehead atoms. The number of aryl methyl sites for hydroxylation is 1. The normalized spacial score (nSPS) is 13.9. The van der Waals surface area contributed by atoms with E-state index in [9.17, 15) is 9.59 Å². The van der Waals surface area contributed by atoms with Gasteiger partial charge in [-0.25, -0.2) is 0 Å². The Hall–Kier alpha value is -2.42. The molecule has 0 saturated carbocycles. The maximum Gasteiger partial charge on any atom is 0.197 e. The molecule has 0 saturated heterocycles. The van der Waals surface area contributed by atoms with Gasteiger partial charge in [-0.1, -0.05) is 24.3 Å². The molecule has 18 heavy (non-hydrogen) atoms. The SMILES string of the molecule is Cn1ccc(C=C2C(=O)c3ccccc3C2=O)c1. The molecule has 0 unspecified atom stereocenters. The van der Waals surface area contributed by atoms with Crippen molar-refractivity contribution in [3.63, 3.8) is 0 Å². The van der Waals surface area contributed by atoms with Crippen molar-refractivity contribution in [3.05, 3.63) is 65.0 Å². The van der Waals surface area contributed by atoms with Gasteiger partial charge in [-0.15, -0.1) is 0 Å². The van der Waals surface area contributed by atoms with Crippen molar-refractivity contribution >= 4 is 17.6 Å². The molecule has 0 aliphatic heterocycles. The number of allylic oxidation sites excluding steroid dienone is 1. The van der Waals surface area contributed by atoms with E-state index in [1.54, 1.807) is 30.3 Å². The van der Waals surface area contributed by atoms with Crippen molar-refractivity contribution in [1.82, 2.24) is 4.57 Å². The standard InChI is InChI=1S/C15H11NO2/c1-16-7-6-10(9-16)8-13-14(17)11-4-2-3-5-12(11)15(13)18/h2-9H,1H3. The fourth-order valence-corrected chi connectivity index (χ4v) is 2.18. The first-order valence-corrected chi connectivity index (χ1v) is 5.69. The van der Waals surface area contributed by atoms with Crippen LogP contribution in [-0.4, -0.2) is 16.1 Å². The highest BCUT2D eigenvalue weighted by Gasteiger charge is 2.32. The van der Waals surface area contributed by atoms with Crippen molar-refractivity contribution in [2.45, 2.75) is 0 Å². The Bertz CT molecular complexity index is 655. The second kappa shape index (κ2) is 3.81. The van der Waals surface area contributed by atoms with Crippen LogP contribution >= 0.6 is 0 Å². The van der Waals surface area contributed by atoms with Gasteiger partial charge in [0.05, 0.1) is 5.57 Å². The van der Waals surface area contributed by atoms with Crippen molar-refractivity contribution < 1.29 is 9.59 Å². The lowest BCUT2D eigenvalue weighted by Gasteiger charge is -1.92. The zero-order valence-electron chi connectivity index (χ0n) is 9.88. The molecule has 0 radical (unpaired) electrons. The first-order valence-electron chi connectivity index (χ1n) is 5.69. The number of benzene rings is 1. The number of rotatable bonds is 1. The number of carbonyl (C=O) groups excluding carboxylic acids is 2. The summed E-state index contributed by atoms with van der Waals surface area (Å²) in [5, 5.41) is 0. The van der Waals surface area contributed by atoms with E-state index in [1.165, 1.54) is 0 Å². The van der Waals surface area contributed by atoms with Crippen LogP contribution in [0, 0.1) is 0 Å². The maximum absolute atomic E-state index is 12.1. The molecule has 3 rings (SSSR count). The van der Waals surface area contributed by atoms with Crippen LogP contribution in [0.1, 0.15) is 26.3 Å². The van der Waals surface area contributed by atoms with Crippen LogP contribution in [-0.2, 0) is 7.05 Å². The minimum absolute atomic E-state index is 0.181. The lowest BCUT2D eigenvalue weighted by atomic mass is 10.1. The van der Waals surface area contributed by atoms with E-state index in [4.69, 9.17) is 0 Å². The van der Waals surface area contributed by atoms with E-state index in [-0.39, 0.29) is 17.1 Å². The van der Waals surface area contributed by atoms with Crippen LogP contribution < -0.4 is 0 Å². The predicted molar refractivity (Wildman–Crippen MR) is 68.5 cm³/mol. The third kappa shape index (κ3) is 1.52. The van der Waals surface area contributed by atoms with E-state index in [0.717, 1.165) is 5.56 Å². The number of ketones is 2. The van der Waals surface area contributed by atoms with Gasteiger partial charge in [0.25, 0.3) is 0 Å². The largest absolute Gasteiger partial charge is 0.357 e. The fourth-order valence-electron chi connectivity index (χ4n) is 2.18. The molecule has 1 aromatic heterocycles. The summed E-state index contributed by atoms with van der Waals surface area (Å²) in [4.78, 5) is 24.2. The fraction of sp³-hybridized carbons (Fsp3) is 0.0667. The van der Waals surface area contributed by atoms with Gasteiger partial charge in [-0.2, -0.15) is 0 Å². The monoisotopic (exact) mass is 237 g/mol. The summed E-state index contributed by atoms with van der Waals surface area (Å²) in [6.07, 6.45) is 5.41. The van der Waals surface area contributed by atoms with Gasteiger partial charge < -0.3 is 4.57 Å². The van der Waals surface area contributed by atoms with Crippen LogP contribution in [0.25, 0.3) is 6.08 Å². The number of aromatic nitrogens is 1. The number of hydrogen-bond donors (Lipinski definition) is 0. The van der Waals surface area contributed by atoms with Crippen LogP contribution in [0.5, 0.6) is 0 Å². The van der Waals surface area contributed by atoms with Crippen molar-refractivity contribution in [1.29, 1.82) is 0 Å². The maximum atomic E-state index is 12.1. The lowest BCUT2D eigenvalue weighted by Crippen LogP contribution is -1.99. The quantitative estimate of drug-likeness (QED) is 0.564. The molecule has 1 aliphatic rings. The highest BCUT2D eigenvalue weighted by molar-refractivity contribution is 6.41. The average molecular weight is 237 g/mol. The van der Waals surface area contributed by atoms with E-state index in [1.807, 2.05) is 30.1 Å². The number of Topliss-reactive ketones (excluding diaryl/α,β-unsaturated/α-hetero) is 2. The first-order chi connectivity index (χ1) is 8.66. The van der Waals surface area contributed by atoms with Crippen molar-refractivity contribution in [3.8, 4) is 0 Å². The van der Waals surface area contributed by atoms with Crippen LogP contribution in [0.2, 0.25) is 0 Å². The average Bonchev–Trinajstić information content (AvgIpc) is 2.88. The predicted octanol–water partition coefficient (Wildman–Crippen LogP) is 2.49. The smallest absolute Gasteiger partial charge is 0.197 e. The van der Waals surface area contributed by atoms with Crippen LogP contribution in [0.3, 0.4) is 0 Å². The van der Waals surface area contributed by atoms with Gasteiger partial charge in [-0.05, 0) is 17.7 Å². The molecule has 1 aromatic carbocycles. The van der Waals surface area contributed by atoms with Gasteiger partial charge in [0.2, 0.25) is 0 Å². The summed E-state index contributed by atoms with van der Waals surface area (Å²) in [7, 11) is 1.90. The molecular weight excluding hydrogens is 226 g/mol. The third-order valence-corrected chi connectivity index (χ3v) is 3.07. The van der Waals surface area contributed by atoms with Crippen molar-refractivity contribution in [2.75, 3.05) is 0 Å². The highest BCUT2D eigenvalue weighted by atomic mass is 16.2. The third-order valence-electron chi connectivity index (χ3n) is 3.07. The molecule has 2 aromatic rings. The Morgan fingerprint density at radius 1 is 1.00 bits per heavy atom. The Labute approximate surface area is 104 Å². The zero-order valence-corrected chi connectivity index (χ0v) is 9.88. The Balaban J connectivity index is 2.10. The molecule has 88 valence electrons. The molecule has 0 fully saturated rings. The lowest BCUT2D eigenvalue weighted by molar-refractivity contribution is 0.0990. The molecule has 0 spiro atoms. The van der Waals surface area contributed by atoms with Gasteiger partial charge in [-0.3, -0.25) is 9.59 Å². The van der Waals surface area contributed by atoms with E-state index in [0.29, 0.717) is 11.1 Å². The number of hydrogen-bond acceptors (Lipinski definition) is 2. The molecular formula is C15H11NO2. The summed E-state index contributed by atoms with van der Waals surface area (Å²) in [6.45, 7) is 0. The van der Waals surface area contributed by atoms with E-state index < -0.39 is 0 Å². The molecule has 0 amide bonds. The molecule has 3 nitrogen and oxygen atoms in total. The van der Waals surface area contributed by atoms with Gasteiger partial charge in [0.1, 0.15) is 0 Å².